The molecule has 7 rings (SSSR count). The van der Waals surface area contributed by atoms with E-state index in [4.69, 9.17) is 13.9 Å². The van der Waals surface area contributed by atoms with Crippen LogP contribution in [0.5, 0.6) is 46.0 Å². The molecule has 1 unspecified atom stereocenters. The van der Waals surface area contributed by atoms with Crippen molar-refractivity contribution in [2.24, 2.45) is 0 Å². The zero-order chi connectivity index (χ0) is 28.8. The lowest BCUT2D eigenvalue weighted by Gasteiger charge is -2.49. The highest BCUT2D eigenvalue weighted by Gasteiger charge is 2.59. The van der Waals surface area contributed by atoms with Gasteiger partial charge in [-0.3, -0.25) is 4.79 Å². The van der Waals surface area contributed by atoms with E-state index < -0.39 is 45.9 Å². The van der Waals surface area contributed by atoms with Gasteiger partial charge in [0, 0.05) is 40.5 Å². The fraction of sp³-hybridized carbons (Fsp3) is 0.100. The molecule has 7 N–H and O–H groups in total. The molecule has 0 radical (unpaired) electrons. The number of aromatic hydroxyl groups is 6. The van der Waals surface area contributed by atoms with E-state index in [9.17, 15) is 40.5 Å². The molecule has 0 spiro atoms. The molecule has 1 aromatic heterocycles. The van der Waals surface area contributed by atoms with Crippen LogP contribution in [-0.4, -0.2) is 41.8 Å². The van der Waals surface area contributed by atoms with Gasteiger partial charge >= 0.3 is 5.79 Å². The van der Waals surface area contributed by atoms with E-state index in [0.29, 0.717) is 0 Å². The van der Waals surface area contributed by atoms with Crippen LogP contribution in [0.25, 0.3) is 22.3 Å². The second-order valence-corrected chi connectivity index (χ2v) is 9.89. The number of fused-ring (bicyclic) bond motifs is 8. The molecule has 0 fully saturated rings. The molecule has 3 atom stereocenters. The van der Waals surface area contributed by atoms with Crippen LogP contribution in [0.3, 0.4) is 0 Å². The van der Waals surface area contributed by atoms with Gasteiger partial charge in [0.2, 0.25) is 11.2 Å². The van der Waals surface area contributed by atoms with Crippen LogP contribution in [-0.2, 0) is 5.79 Å². The predicted octanol–water partition coefficient (Wildman–Crippen LogP) is 3.82. The van der Waals surface area contributed by atoms with E-state index in [1.54, 1.807) is 0 Å². The number of hydrogen-bond acceptors (Lipinski definition) is 11. The molecule has 0 saturated carbocycles. The molecule has 0 saturated heterocycles. The molecular formula is C30H20O11. The topological polar surface area (TPSA) is 190 Å². The van der Waals surface area contributed by atoms with Crippen LogP contribution in [0.15, 0.2) is 75.9 Å². The zero-order valence-electron chi connectivity index (χ0n) is 20.8. The second kappa shape index (κ2) is 8.23. The number of aliphatic hydroxyl groups is 1. The first-order valence-corrected chi connectivity index (χ1v) is 12.4. The number of phenols is 5. The van der Waals surface area contributed by atoms with Crippen LogP contribution in [0.4, 0.5) is 0 Å². The van der Waals surface area contributed by atoms with Gasteiger partial charge in [0.05, 0.1) is 5.92 Å². The largest absolute Gasteiger partial charge is 0.508 e. The lowest BCUT2D eigenvalue weighted by atomic mass is 9.75. The summed E-state index contributed by atoms with van der Waals surface area (Å²) < 4.78 is 18.4. The number of phenolic OH excluding ortho intramolecular Hbond substituents is 5. The Hall–Kier alpha value is -5.55. The summed E-state index contributed by atoms with van der Waals surface area (Å²) in [5.41, 5.74) is -0.627. The molecule has 2 aliphatic rings. The fourth-order valence-corrected chi connectivity index (χ4v) is 5.65. The van der Waals surface area contributed by atoms with Gasteiger partial charge in [-0.25, -0.2) is 0 Å². The third-order valence-electron chi connectivity index (χ3n) is 7.48. The van der Waals surface area contributed by atoms with Crippen molar-refractivity contribution in [3.05, 3.63) is 93.6 Å². The fourth-order valence-electron chi connectivity index (χ4n) is 5.65. The van der Waals surface area contributed by atoms with Gasteiger partial charge in [0.1, 0.15) is 57.3 Å². The molecule has 11 heteroatoms. The predicted molar refractivity (Wildman–Crippen MR) is 142 cm³/mol. The van der Waals surface area contributed by atoms with Crippen molar-refractivity contribution in [2.45, 2.75) is 17.8 Å². The van der Waals surface area contributed by atoms with Crippen molar-refractivity contribution in [1.82, 2.24) is 0 Å². The van der Waals surface area contributed by atoms with Crippen molar-refractivity contribution < 1.29 is 49.6 Å². The van der Waals surface area contributed by atoms with Gasteiger partial charge in [0.25, 0.3) is 0 Å². The summed E-state index contributed by atoms with van der Waals surface area (Å²) in [7, 11) is 0. The van der Waals surface area contributed by atoms with Gasteiger partial charge in [0.15, 0.2) is 5.76 Å². The Morgan fingerprint density at radius 1 is 0.683 bits per heavy atom. The first-order valence-electron chi connectivity index (χ1n) is 12.4. The number of aliphatic hydroxyl groups excluding tert-OH is 1. The lowest BCUT2D eigenvalue weighted by Crippen LogP contribution is -2.57. The molecule has 5 aromatic rings. The summed E-state index contributed by atoms with van der Waals surface area (Å²) in [6, 6.07) is 14.5. The number of ether oxygens (including phenoxy) is 2. The molecular weight excluding hydrogens is 536 g/mol. The quantitative estimate of drug-likeness (QED) is 0.167. The average Bonchev–Trinajstić information content (AvgIpc) is 2.92. The molecule has 11 nitrogen and oxygen atoms in total. The van der Waals surface area contributed by atoms with Gasteiger partial charge in [-0.15, -0.1) is 0 Å². The van der Waals surface area contributed by atoms with Crippen LogP contribution < -0.4 is 14.9 Å². The SMILES string of the molecule is O=c1c(O)c(-c2ccc(O)cc2)oc2c3c(cc(O)c12)O[C@@]1(c2ccc(O)cc2)Oc2cc(O)cc(O)c2[C@@H]3C1O. The minimum atomic E-state index is -1.99. The summed E-state index contributed by atoms with van der Waals surface area (Å²) >= 11 is 0. The lowest BCUT2D eigenvalue weighted by molar-refractivity contribution is -0.218. The van der Waals surface area contributed by atoms with Crippen molar-refractivity contribution in [3.8, 4) is 57.3 Å². The minimum absolute atomic E-state index is 0.0439. The molecule has 41 heavy (non-hydrogen) atoms. The van der Waals surface area contributed by atoms with Gasteiger partial charge in [-0.2, -0.15) is 0 Å². The van der Waals surface area contributed by atoms with E-state index in [0.717, 1.165) is 12.1 Å². The number of benzene rings is 4. The Balaban J connectivity index is 1.59. The second-order valence-electron chi connectivity index (χ2n) is 9.89. The third kappa shape index (κ3) is 3.33. The number of rotatable bonds is 2. The zero-order valence-corrected chi connectivity index (χ0v) is 20.8. The molecule has 2 aliphatic heterocycles. The normalized spacial score (nSPS) is 20.5. The van der Waals surface area contributed by atoms with Crippen molar-refractivity contribution in [1.29, 1.82) is 0 Å². The van der Waals surface area contributed by atoms with E-state index in [1.165, 1.54) is 54.6 Å². The Bertz CT molecular complexity index is 1940. The first-order chi connectivity index (χ1) is 19.6. The van der Waals surface area contributed by atoms with E-state index >= 15 is 0 Å². The van der Waals surface area contributed by atoms with Crippen LogP contribution >= 0.6 is 0 Å². The van der Waals surface area contributed by atoms with Crippen molar-refractivity contribution in [3.63, 3.8) is 0 Å². The summed E-state index contributed by atoms with van der Waals surface area (Å²) in [5.74, 6) is -5.87. The van der Waals surface area contributed by atoms with Gasteiger partial charge in [-0.05, 0) is 48.5 Å². The smallest absolute Gasteiger partial charge is 0.305 e. The molecule has 2 bridgehead atoms. The van der Waals surface area contributed by atoms with Crippen molar-refractivity contribution >= 4 is 11.0 Å². The average molecular weight is 556 g/mol. The van der Waals surface area contributed by atoms with Gasteiger partial charge in [-0.1, -0.05) is 0 Å². The molecule has 0 amide bonds. The molecule has 206 valence electrons. The first kappa shape index (κ1) is 24.5. The Morgan fingerprint density at radius 2 is 1.29 bits per heavy atom. The summed E-state index contributed by atoms with van der Waals surface area (Å²) in [5, 5.41) is 73.9. The van der Waals surface area contributed by atoms with Crippen molar-refractivity contribution in [2.75, 3.05) is 0 Å². The number of hydrogen-bond donors (Lipinski definition) is 7. The maximum atomic E-state index is 13.4. The molecule has 4 aromatic carbocycles. The molecule has 0 aliphatic carbocycles. The Labute approximate surface area is 229 Å². The van der Waals surface area contributed by atoms with Crippen LogP contribution in [0.2, 0.25) is 0 Å². The Morgan fingerprint density at radius 3 is 1.95 bits per heavy atom. The van der Waals surface area contributed by atoms with E-state index in [2.05, 4.69) is 0 Å². The van der Waals surface area contributed by atoms with Gasteiger partial charge < -0.3 is 49.6 Å². The van der Waals surface area contributed by atoms with Crippen LogP contribution in [0.1, 0.15) is 22.6 Å². The highest BCUT2D eigenvalue weighted by atomic mass is 16.7. The third-order valence-corrected chi connectivity index (χ3v) is 7.48. The highest BCUT2D eigenvalue weighted by molar-refractivity contribution is 5.92. The van der Waals surface area contributed by atoms with Crippen LogP contribution in [0, 0.1) is 0 Å². The summed E-state index contributed by atoms with van der Waals surface area (Å²) in [4.78, 5) is 13.4. The summed E-state index contributed by atoms with van der Waals surface area (Å²) in [6.07, 6.45) is -1.61. The minimum Gasteiger partial charge on any atom is -0.508 e. The standard InChI is InChI=1S/C30H20O11/c31-14-5-1-12(2-6-14)27-26(37)25(36)22-18(35)11-20-23(28(22)39-27)24-21-17(34)9-16(33)10-19(21)40-30(41-20,29(24)38)13-3-7-15(32)8-4-13/h1-11,24,29,31-35,37-38H/t24-,29?,30+/m0/s1. The summed E-state index contributed by atoms with van der Waals surface area (Å²) in [6.45, 7) is 0. The molecule has 3 heterocycles. The Kier molecular flexibility index (Phi) is 4.91. The van der Waals surface area contributed by atoms with E-state index in [1.807, 2.05) is 0 Å². The maximum absolute atomic E-state index is 13.4. The monoisotopic (exact) mass is 556 g/mol. The highest BCUT2D eigenvalue weighted by Crippen LogP contribution is 2.60. The van der Waals surface area contributed by atoms with E-state index in [-0.39, 0.29) is 62.3 Å². The maximum Gasteiger partial charge on any atom is 0.305 e.